The number of aromatic amines is 1. The van der Waals surface area contributed by atoms with E-state index in [1.807, 2.05) is 19.1 Å². The van der Waals surface area contributed by atoms with Crippen LogP contribution in [0.3, 0.4) is 0 Å². The fraction of sp³-hybridized carbons (Fsp3) is 0.400. The number of rotatable bonds is 6. The number of aromatic nitrogens is 1. The molecule has 5 rings (SSSR count). The van der Waals surface area contributed by atoms with Gasteiger partial charge in [0.25, 0.3) is 5.91 Å². The van der Waals surface area contributed by atoms with Crippen molar-refractivity contribution in [3.63, 3.8) is 0 Å². The largest absolute Gasteiger partial charge is 0.394 e. The molecule has 1 fully saturated rings. The van der Waals surface area contributed by atoms with Gasteiger partial charge in [-0.3, -0.25) is 9.69 Å². The molecular weight excluding hydrogens is 388 g/mol. The topological polar surface area (TPSA) is 80.4 Å². The zero-order chi connectivity index (χ0) is 21.4. The van der Waals surface area contributed by atoms with E-state index in [1.165, 1.54) is 43.3 Å². The summed E-state index contributed by atoms with van der Waals surface area (Å²) in [6.45, 7) is 5.88. The highest BCUT2D eigenvalue weighted by Gasteiger charge is 2.25. The maximum absolute atomic E-state index is 12.5. The van der Waals surface area contributed by atoms with Gasteiger partial charge in [0.1, 0.15) is 0 Å². The average Bonchev–Trinajstić information content (AvgIpc) is 3.37. The number of hydrogen-bond donors (Lipinski definition) is 4. The van der Waals surface area contributed by atoms with Crippen LogP contribution in [0.5, 0.6) is 0 Å². The molecule has 3 heterocycles. The number of likely N-dealkylation sites (tertiary alicyclic amines) is 1. The van der Waals surface area contributed by atoms with Crippen LogP contribution < -0.4 is 10.6 Å². The van der Waals surface area contributed by atoms with E-state index in [9.17, 15) is 9.90 Å². The van der Waals surface area contributed by atoms with Gasteiger partial charge in [-0.1, -0.05) is 12.5 Å². The number of amides is 1. The molecule has 0 aliphatic carbocycles. The Kier molecular flexibility index (Phi) is 5.42. The molecule has 0 spiro atoms. The summed E-state index contributed by atoms with van der Waals surface area (Å²) in [7, 11) is 0. The van der Waals surface area contributed by atoms with Crippen LogP contribution in [0.4, 0.5) is 5.69 Å². The molecule has 31 heavy (non-hydrogen) atoms. The number of piperidine rings is 1. The van der Waals surface area contributed by atoms with Crippen LogP contribution in [-0.2, 0) is 13.1 Å². The Balaban J connectivity index is 1.50. The van der Waals surface area contributed by atoms with Crippen molar-refractivity contribution in [3.05, 3.63) is 53.1 Å². The third-order valence-electron chi connectivity index (χ3n) is 6.40. The van der Waals surface area contributed by atoms with Gasteiger partial charge >= 0.3 is 0 Å². The van der Waals surface area contributed by atoms with Gasteiger partial charge in [0, 0.05) is 47.0 Å². The van der Waals surface area contributed by atoms with Gasteiger partial charge in [-0.25, -0.2) is 0 Å². The Morgan fingerprint density at radius 1 is 1.13 bits per heavy atom. The number of aliphatic hydroxyl groups excluding tert-OH is 1. The van der Waals surface area contributed by atoms with Gasteiger partial charge in [0.05, 0.1) is 12.2 Å². The number of aliphatic hydroxyl groups is 1. The highest BCUT2D eigenvalue weighted by atomic mass is 16.3. The summed E-state index contributed by atoms with van der Waals surface area (Å²) in [5.74, 6) is -0.0313. The third kappa shape index (κ3) is 4.05. The van der Waals surface area contributed by atoms with Crippen LogP contribution in [0.15, 0.2) is 36.4 Å². The first-order valence-corrected chi connectivity index (χ1v) is 11.3. The van der Waals surface area contributed by atoms with E-state index < -0.39 is 0 Å². The summed E-state index contributed by atoms with van der Waals surface area (Å²) in [6.07, 6.45) is 3.94. The van der Waals surface area contributed by atoms with E-state index in [4.69, 9.17) is 0 Å². The highest BCUT2D eigenvalue weighted by Crippen LogP contribution is 2.34. The Morgan fingerprint density at radius 2 is 1.97 bits per heavy atom. The Morgan fingerprint density at radius 3 is 2.77 bits per heavy atom. The van der Waals surface area contributed by atoms with E-state index in [0.717, 1.165) is 40.1 Å². The van der Waals surface area contributed by atoms with Gasteiger partial charge < -0.3 is 20.7 Å². The molecule has 2 aliphatic rings. The van der Waals surface area contributed by atoms with E-state index in [-0.39, 0.29) is 18.6 Å². The lowest BCUT2D eigenvalue weighted by molar-refractivity contribution is 0.0966. The van der Waals surface area contributed by atoms with Gasteiger partial charge in [-0.2, -0.15) is 0 Å². The maximum Gasteiger partial charge on any atom is 0.252 e. The first-order chi connectivity index (χ1) is 15.1. The molecule has 1 atom stereocenters. The second-order valence-electron chi connectivity index (χ2n) is 8.91. The Labute approximate surface area is 182 Å². The smallest absolute Gasteiger partial charge is 0.252 e. The van der Waals surface area contributed by atoms with Crippen molar-refractivity contribution in [2.24, 2.45) is 0 Å². The monoisotopic (exact) mass is 418 g/mol. The molecule has 162 valence electrons. The van der Waals surface area contributed by atoms with Gasteiger partial charge in [0.2, 0.25) is 0 Å². The van der Waals surface area contributed by atoms with Crippen LogP contribution in [0.1, 0.15) is 47.7 Å². The minimum atomic E-state index is -0.0592. The number of nitrogens with zero attached hydrogens (tertiary/aromatic N) is 1. The Hall–Kier alpha value is -2.83. The van der Waals surface area contributed by atoms with Crippen molar-refractivity contribution in [1.82, 2.24) is 15.2 Å². The van der Waals surface area contributed by atoms with Crippen molar-refractivity contribution in [2.45, 2.75) is 45.3 Å². The lowest BCUT2D eigenvalue weighted by Gasteiger charge is -2.26. The zero-order valence-corrected chi connectivity index (χ0v) is 18.0. The lowest BCUT2D eigenvalue weighted by atomic mass is 9.99. The quantitative estimate of drug-likeness (QED) is 0.490. The summed E-state index contributed by atoms with van der Waals surface area (Å²) >= 11 is 0. The van der Waals surface area contributed by atoms with Crippen molar-refractivity contribution in [1.29, 1.82) is 0 Å². The molecule has 0 radical (unpaired) electrons. The molecule has 1 saturated heterocycles. The second-order valence-corrected chi connectivity index (χ2v) is 8.91. The van der Waals surface area contributed by atoms with E-state index in [0.29, 0.717) is 6.54 Å². The number of nitrogens with one attached hydrogen (secondary N) is 3. The molecule has 1 amide bonds. The standard InChI is InChI=1S/C25H30N4O2/c1-16(15-30)27-20-10-19-13-26-25(31)24(19)21(12-20)23-11-18-9-17(5-6-22(18)28-23)14-29-7-3-2-4-8-29/h5-6,9-12,16,27-28,30H,2-4,7-8,13-15H2,1H3,(H,26,31). The predicted octanol–water partition coefficient (Wildman–Crippen LogP) is 3.86. The molecule has 2 aromatic carbocycles. The molecule has 0 bridgehead atoms. The van der Waals surface area contributed by atoms with E-state index >= 15 is 0 Å². The van der Waals surface area contributed by atoms with E-state index in [2.05, 4.69) is 44.8 Å². The van der Waals surface area contributed by atoms with Crippen molar-refractivity contribution >= 4 is 22.5 Å². The summed E-state index contributed by atoms with van der Waals surface area (Å²) in [5.41, 5.74) is 6.88. The number of fused-ring (bicyclic) bond motifs is 2. The molecule has 3 aromatic rings. The molecule has 1 unspecified atom stereocenters. The average molecular weight is 419 g/mol. The number of benzene rings is 2. The minimum Gasteiger partial charge on any atom is -0.394 e. The van der Waals surface area contributed by atoms with Crippen LogP contribution in [0, 0.1) is 0 Å². The van der Waals surface area contributed by atoms with Crippen molar-refractivity contribution in [3.8, 4) is 11.3 Å². The highest BCUT2D eigenvalue weighted by molar-refractivity contribution is 6.06. The minimum absolute atomic E-state index is 0.0313. The maximum atomic E-state index is 12.5. The predicted molar refractivity (Wildman–Crippen MR) is 124 cm³/mol. The molecule has 1 aromatic heterocycles. The summed E-state index contributed by atoms with van der Waals surface area (Å²) in [5, 5.41) is 16.9. The zero-order valence-electron chi connectivity index (χ0n) is 18.0. The Bertz CT molecular complexity index is 1110. The SMILES string of the molecule is CC(CO)Nc1cc2c(c(-c3cc4cc(CN5CCCCC5)ccc4[nH]3)c1)C(=O)NC2. The second kappa shape index (κ2) is 8.36. The van der Waals surface area contributed by atoms with Crippen LogP contribution in [-0.4, -0.2) is 46.6 Å². The van der Waals surface area contributed by atoms with Crippen LogP contribution in [0.2, 0.25) is 0 Å². The fourth-order valence-electron chi connectivity index (χ4n) is 4.80. The number of carbonyl (C=O) groups is 1. The molecular formula is C25H30N4O2. The van der Waals surface area contributed by atoms with Crippen LogP contribution >= 0.6 is 0 Å². The number of H-pyrrole nitrogens is 1. The third-order valence-corrected chi connectivity index (χ3v) is 6.40. The number of anilines is 1. The van der Waals surface area contributed by atoms with Gasteiger partial charge in [-0.05, 0) is 74.3 Å². The molecule has 2 aliphatic heterocycles. The van der Waals surface area contributed by atoms with Crippen molar-refractivity contribution in [2.75, 3.05) is 25.0 Å². The molecule has 6 nitrogen and oxygen atoms in total. The lowest BCUT2D eigenvalue weighted by Crippen LogP contribution is -2.28. The number of carbonyl (C=O) groups excluding carboxylic acids is 1. The van der Waals surface area contributed by atoms with Gasteiger partial charge in [-0.15, -0.1) is 0 Å². The molecule has 0 saturated carbocycles. The van der Waals surface area contributed by atoms with Crippen LogP contribution in [0.25, 0.3) is 22.2 Å². The molecule has 6 heteroatoms. The normalized spacial score (nSPS) is 17.5. The van der Waals surface area contributed by atoms with E-state index in [1.54, 1.807) is 0 Å². The molecule has 4 N–H and O–H groups in total. The summed E-state index contributed by atoms with van der Waals surface area (Å²) < 4.78 is 0. The fourth-order valence-corrected chi connectivity index (χ4v) is 4.80. The van der Waals surface area contributed by atoms with Gasteiger partial charge in [0.15, 0.2) is 0 Å². The number of hydrogen-bond acceptors (Lipinski definition) is 4. The first-order valence-electron chi connectivity index (χ1n) is 11.3. The van der Waals surface area contributed by atoms with Crippen molar-refractivity contribution < 1.29 is 9.90 Å². The first kappa shape index (κ1) is 20.1. The summed E-state index contributed by atoms with van der Waals surface area (Å²) in [6, 6.07) is 12.7. The summed E-state index contributed by atoms with van der Waals surface area (Å²) in [4.78, 5) is 18.6.